The monoisotopic (exact) mass is 965 g/mol. The van der Waals surface area contributed by atoms with Crippen LogP contribution in [0.25, 0.3) is 0 Å². The van der Waals surface area contributed by atoms with Crippen LogP contribution in [0.4, 0.5) is 39.5 Å². The maximum atomic E-state index is 12.1. The van der Waals surface area contributed by atoms with Crippen molar-refractivity contribution in [2.45, 2.75) is 153 Å². The zero-order chi connectivity index (χ0) is 48.5. The SMILES string of the molecule is CC(C)(C)c1cc(C=N[C@@H]2CCCC[C@H]2N=Cc2cc(C(C)(C)C)cc(C(C)(C)c3ccccc3)c2O)c(O)c(C(C)(C)c2ccccc2)c1.OC(F)(F)C(F)(C(F)(F)F)C(F)(F)F.[Co]. The molecule has 0 saturated heterocycles. The van der Waals surface area contributed by atoms with E-state index in [-0.39, 0.29) is 51.2 Å². The van der Waals surface area contributed by atoms with Gasteiger partial charge in [0.05, 0.1) is 12.1 Å². The van der Waals surface area contributed by atoms with Crippen molar-refractivity contribution in [1.29, 1.82) is 0 Å². The van der Waals surface area contributed by atoms with Gasteiger partial charge < -0.3 is 15.3 Å². The summed E-state index contributed by atoms with van der Waals surface area (Å²) < 4.78 is 103. The molecule has 0 aromatic heterocycles. The molecule has 0 bridgehead atoms. The van der Waals surface area contributed by atoms with Crippen molar-refractivity contribution in [3.8, 4) is 11.5 Å². The zero-order valence-electron chi connectivity index (χ0n) is 38.2. The van der Waals surface area contributed by atoms with Gasteiger partial charge in [0.1, 0.15) is 11.5 Å². The van der Waals surface area contributed by atoms with Gasteiger partial charge in [-0.2, -0.15) is 35.1 Å². The van der Waals surface area contributed by atoms with E-state index in [0.717, 1.165) is 70.2 Å². The molecule has 15 heteroatoms. The summed E-state index contributed by atoms with van der Waals surface area (Å²) in [6.45, 7) is 22.0. The summed E-state index contributed by atoms with van der Waals surface area (Å²) >= 11 is 0. The molecule has 0 unspecified atom stereocenters. The Morgan fingerprint density at radius 2 is 0.800 bits per heavy atom. The van der Waals surface area contributed by atoms with Crippen molar-refractivity contribution >= 4 is 12.4 Å². The molecule has 359 valence electrons. The Kier molecular flexibility index (Phi) is 16.8. The molecular formula is C50H59CoF9N2O3. The van der Waals surface area contributed by atoms with Gasteiger partial charge in [0, 0.05) is 62.3 Å². The summed E-state index contributed by atoms with van der Waals surface area (Å²) in [5, 5.41) is 30.8. The topological polar surface area (TPSA) is 85.4 Å². The molecule has 2 atom stereocenters. The molecule has 65 heavy (non-hydrogen) atoms. The van der Waals surface area contributed by atoms with Crippen LogP contribution in [0.2, 0.25) is 0 Å². The van der Waals surface area contributed by atoms with E-state index in [0.29, 0.717) is 0 Å². The third-order valence-electron chi connectivity index (χ3n) is 12.0. The van der Waals surface area contributed by atoms with E-state index in [9.17, 15) is 49.7 Å². The van der Waals surface area contributed by atoms with E-state index in [1.54, 1.807) is 0 Å². The maximum absolute atomic E-state index is 12.1. The van der Waals surface area contributed by atoms with Gasteiger partial charge >= 0.3 is 24.1 Å². The van der Waals surface area contributed by atoms with Crippen molar-refractivity contribution in [3.63, 3.8) is 0 Å². The quantitative estimate of drug-likeness (QED) is 0.115. The molecule has 4 aromatic carbocycles. The minimum atomic E-state index is -6.97. The van der Waals surface area contributed by atoms with Crippen molar-refractivity contribution < 1.29 is 71.6 Å². The first kappa shape index (κ1) is 55.0. The van der Waals surface area contributed by atoms with Gasteiger partial charge in [-0.1, -0.05) is 155 Å². The zero-order valence-corrected chi connectivity index (χ0v) is 39.2. The molecule has 3 N–H and O–H groups in total. The van der Waals surface area contributed by atoms with Gasteiger partial charge in [0.25, 0.3) is 0 Å². The van der Waals surface area contributed by atoms with E-state index in [2.05, 4.69) is 142 Å². The van der Waals surface area contributed by atoms with Crippen LogP contribution in [0.5, 0.6) is 11.5 Å². The third-order valence-corrected chi connectivity index (χ3v) is 12.0. The molecule has 1 saturated carbocycles. The van der Waals surface area contributed by atoms with Crippen LogP contribution in [0, 0.1) is 0 Å². The number of benzene rings is 4. The van der Waals surface area contributed by atoms with Gasteiger partial charge in [-0.25, -0.2) is 4.39 Å². The Hall–Kier alpha value is -4.34. The smallest absolute Gasteiger partial charge is 0.440 e. The number of rotatable bonds is 9. The third kappa shape index (κ3) is 12.2. The Balaban J connectivity index is 0.000000646. The van der Waals surface area contributed by atoms with Gasteiger partial charge in [0.2, 0.25) is 0 Å². The summed E-state index contributed by atoms with van der Waals surface area (Å²) in [4.78, 5) is 10.3. The van der Waals surface area contributed by atoms with Crippen molar-refractivity contribution in [2.75, 3.05) is 0 Å². The minimum Gasteiger partial charge on any atom is -0.507 e. The predicted molar refractivity (Wildman–Crippen MR) is 235 cm³/mol. The summed E-state index contributed by atoms with van der Waals surface area (Å²) in [5.74, 6) is 0.563. The fraction of sp³-hybridized carbons (Fsp3) is 0.480. The molecular weight excluding hydrogens is 906 g/mol. The molecule has 4 aromatic rings. The second-order valence-electron chi connectivity index (χ2n) is 19.6. The second kappa shape index (κ2) is 19.9. The minimum absolute atomic E-state index is 0. The number of aliphatic imine (C=N–C) groups is 2. The number of hydrogen-bond donors (Lipinski definition) is 3. The van der Waals surface area contributed by atoms with Crippen LogP contribution in [0.3, 0.4) is 0 Å². The molecule has 0 aliphatic heterocycles. The van der Waals surface area contributed by atoms with Crippen LogP contribution >= 0.6 is 0 Å². The van der Waals surface area contributed by atoms with Gasteiger partial charge in [-0.05, 0) is 58.1 Å². The number of halogens is 9. The first-order valence-electron chi connectivity index (χ1n) is 21.0. The van der Waals surface area contributed by atoms with Gasteiger partial charge in [-0.15, -0.1) is 0 Å². The van der Waals surface area contributed by atoms with Crippen LogP contribution < -0.4 is 0 Å². The van der Waals surface area contributed by atoms with Crippen LogP contribution in [-0.2, 0) is 38.4 Å². The average Bonchev–Trinajstić information content (AvgIpc) is 3.18. The van der Waals surface area contributed by atoms with Crippen molar-refractivity contribution in [3.05, 3.63) is 129 Å². The molecule has 1 radical (unpaired) electrons. The summed E-state index contributed by atoms with van der Waals surface area (Å²) in [6.07, 6.45) is -12.7. The molecule has 5 nitrogen and oxygen atoms in total. The Morgan fingerprint density at radius 1 is 0.492 bits per heavy atom. The van der Waals surface area contributed by atoms with Gasteiger partial charge in [-0.3, -0.25) is 9.98 Å². The summed E-state index contributed by atoms with van der Waals surface area (Å²) in [5.41, 5.74) is -0.0451. The fourth-order valence-electron chi connectivity index (χ4n) is 7.64. The van der Waals surface area contributed by atoms with Crippen LogP contribution in [0.15, 0.2) is 94.9 Å². The number of phenols is 2. The average molecular weight is 966 g/mol. The van der Waals surface area contributed by atoms with Crippen LogP contribution in [0.1, 0.15) is 139 Å². The summed E-state index contributed by atoms with van der Waals surface area (Å²) in [7, 11) is 0. The predicted octanol–water partition coefficient (Wildman–Crippen LogP) is 13.6. The number of phenolic OH excluding ortho intramolecular Hbond substituents is 2. The number of nitrogens with zero attached hydrogens (tertiary/aromatic N) is 2. The molecule has 1 aliphatic carbocycles. The Bertz CT molecular complexity index is 2100. The van der Waals surface area contributed by atoms with Crippen molar-refractivity contribution in [1.82, 2.24) is 0 Å². The Labute approximate surface area is 386 Å². The van der Waals surface area contributed by atoms with Crippen LogP contribution in [-0.4, -0.2) is 64.0 Å². The van der Waals surface area contributed by atoms with E-state index >= 15 is 0 Å². The van der Waals surface area contributed by atoms with E-state index in [1.165, 1.54) is 0 Å². The Morgan fingerprint density at radius 3 is 1.05 bits per heavy atom. The molecule has 0 heterocycles. The first-order valence-corrected chi connectivity index (χ1v) is 21.0. The largest absolute Gasteiger partial charge is 0.507 e. The molecule has 0 spiro atoms. The number of alkyl halides is 9. The van der Waals surface area contributed by atoms with E-state index < -0.39 is 35.0 Å². The molecule has 1 aliphatic rings. The number of aromatic hydroxyl groups is 2. The fourth-order valence-corrected chi connectivity index (χ4v) is 7.64. The number of hydrogen-bond acceptors (Lipinski definition) is 5. The van der Waals surface area contributed by atoms with E-state index in [4.69, 9.17) is 15.1 Å². The second-order valence-corrected chi connectivity index (χ2v) is 19.6. The van der Waals surface area contributed by atoms with E-state index in [1.807, 2.05) is 24.6 Å². The van der Waals surface area contributed by atoms with Gasteiger partial charge in [0.15, 0.2) is 0 Å². The standard InChI is InChI=1S/C46H58N2O2.C4HF9O.Co/c1-43(2,3)35-25-31(41(49)37(27-35)45(7,8)33-19-13-11-14-20-33)29-47-39-23-17-18-24-40(39)48-30-32-26-36(44(4,5)6)28-38(42(32)50)46(9,10)34-21-15-12-16-22-34;5-1(2(6,7)8,3(9,10)11)4(12,13)14;/h11-16,19-22,25-30,39-40,49-50H,17-18,23-24H2,1-10H3;14H;/t39-,40-;;/m1../s1. The van der Waals surface area contributed by atoms with Crippen molar-refractivity contribution in [2.24, 2.45) is 9.98 Å². The number of aliphatic hydroxyl groups is 1. The summed E-state index contributed by atoms with van der Waals surface area (Å²) in [6, 6.07) is 29.3. The molecule has 0 amide bonds. The molecule has 1 fully saturated rings. The first-order chi connectivity index (χ1) is 29.2. The normalized spacial score (nSPS) is 17.2. The molecule has 5 rings (SSSR count). The maximum Gasteiger partial charge on any atom is 0.440 e.